The van der Waals surface area contributed by atoms with Crippen molar-refractivity contribution in [2.24, 2.45) is 0 Å². The van der Waals surface area contributed by atoms with Crippen molar-refractivity contribution in [2.75, 3.05) is 4.72 Å². The normalized spacial score (nSPS) is 11.8. The summed E-state index contributed by atoms with van der Waals surface area (Å²) in [6.45, 7) is 3.91. The summed E-state index contributed by atoms with van der Waals surface area (Å²) >= 11 is 1.53. The summed E-state index contributed by atoms with van der Waals surface area (Å²) in [6.07, 6.45) is 1.58. The van der Waals surface area contributed by atoms with Gasteiger partial charge in [-0.1, -0.05) is 48.0 Å². The molecule has 0 atom stereocenters. The Bertz CT molecular complexity index is 1000. The summed E-state index contributed by atoms with van der Waals surface area (Å²) in [5.74, 6) is 0. The first-order valence-corrected chi connectivity index (χ1v) is 10.1. The molecule has 0 aliphatic carbocycles. The Hall–Kier alpha value is -2.44. The first kappa shape index (κ1) is 17.4. The molecule has 3 rings (SSSR count). The molecule has 0 unspecified atom stereocenters. The van der Waals surface area contributed by atoms with Gasteiger partial charge in [-0.25, -0.2) is 13.4 Å². The third-order valence-electron chi connectivity index (χ3n) is 3.59. The lowest BCUT2D eigenvalue weighted by Crippen LogP contribution is -2.09. The lowest BCUT2D eigenvalue weighted by Gasteiger charge is -2.09. The Morgan fingerprint density at radius 3 is 2.44 bits per heavy atom. The highest BCUT2D eigenvalue weighted by molar-refractivity contribution is 7.95. The van der Waals surface area contributed by atoms with E-state index in [-0.39, 0.29) is 0 Å². The predicted molar refractivity (Wildman–Crippen MR) is 105 cm³/mol. The average molecular weight is 370 g/mol. The van der Waals surface area contributed by atoms with Crippen molar-refractivity contribution >= 4 is 33.1 Å². The number of benzene rings is 2. The van der Waals surface area contributed by atoms with Gasteiger partial charge in [0.25, 0.3) is 10.0 Å². The summed E-state index contributed by atoms with van der Waals surface area (Å²) in [5.41, 5.74) is 4.01. The molecule has 1 N–H and O–H groups in total. The number of hydrogen-bond donors (Lipinski definition) is 1. The number of thiazole rings is 1. The Morgan fingerprint density at radius 2 is 1.76 bits per heavy atom. The largest absolute Gasteiger partial charge is 0.279 e. The SMILES string of the molecule is Cc1ccc(/C=C/S(=O)(=O)Nc2ccccc2-c2csc(C)n2)cc1. The molecular formula is C19H18N2O2S2. The van der Waals surface area contributed by atoms with Crippen LogP contribution in [0.4, 0.5) is 5.69 Å². The van der Waals surface area contributed by atoms with Crippen molar-refractivity contribution in [1.29, 1.82) is 0 Å². The molecular weight excluding hydrogens is 352 g/mol. The van der Waals surface area contributed by atoms with Crippen LogP contribution in [0.5, 0.6) is 0 Å². The first-order valence-electron chi connectivity index (χ1n) is 7.72. The van der Waals surface area contributed by atoms with Crippen LogP contribution in [0.1, 0.15) is 16.1 Å². The first-order chi connectivity index (χ1) is 11.9. The van der Waals surface area contributed by atoms with Gasteiger partial charge >= 0.3 is 0 Å². The summed E-state index contributed by atoms with van der Waals surface area (Å²) in [5, 5.41) is 4.04. The second-order valence-electron chi connectivity index (χ2n) is 5.66. The maximum atomic E-state index is 12.4. The summed E-state index contributed by atoms with van der Waals surface area (Å²) in [7, 11) is -3.62. The lowest BCUT2D eigenvalue weighted by atomic mass is 10.1. The van der Waals surface area contributed by atoms with E-state index in [1.54, 1.807) is 18.2 Å². The van der Waals surface area contributed by atoms with Crippen molar-refractivity contribution < 1.29 is 8.42 Å². The standard InChI is InChI=1S/C19H18N2O2S2/c1-14-7-9-16(10-8-14)11-12-25(22,23)21-18-6-4-3-5-17(18)19-13-24-15(2)20-19/h3-13,21H,1-2H3/b12-11+. The Labute approximate surface area is 151 Å². The monoisotopic (exact) mass is 370 g/mol. The molecule has 0 aliphatic rings. The molecule has 0 aliphatic heterocycles. The van der Waals surface area contributed by atoms with Gasteiger partial charge < -0.3 is 0 Å². The fourth-order valence-electron chi connectivity index (χ4n) is 2.32. The maximum Gasteiger partial charge on any atom is 0.255 e. The van der Waals surface area contributed by atoms with Crippen LogP contribution in [0.15, 0.2) is 59.3 Å². The Morgan fingerprint density at radius 1 is 1.04 bits per heavy atom. The average Bonchev–Trinajstić information content (AvgIpc) is 3.01. The third kappa shape index (κ3) is 4.55. The molecule has 0 radical (unpaired) electrons. The molecule has 6 heteroatoms. The second kappa shape index (κ2) is 7.21. The predicted octanol–water partition coefficient (Wildman–Crippen LogP) is 4.84. The van der Waals surface area contributed by atoms with E-state index in [1.807, 2.05) is 55.6 Å². The minimum absolute atomic E-state index is 0.515. The molecule has 0 fully saturated rings. The highest BCUT2D eigenvalue weighted by Crippen LogP contribution is 2.29. The zero-order valence-electron chi connectivity index (χ0n) is 13.9. The van der Waals surface area contributed by atoms with Crippen LogP contribution in [0.3, 0.4) is 0 Å². The van der Waals surface area contributed by atoms with Gasteiger partial charge in [-0.3, -0.25) is 4.72 Å². The molecule has 128 valence electrons. The van der Waals surface area contributed by atoms with E-state index in [1.165, 1.54) is 16.7 Å². The molecule has 0 bridgehead atoms. The van der Waals surface area contributed by atoms with Crippen molar-refractivity contribution in [2.45, 2.75) is 13.8 Å². The Kier molecular flexibility index (Phi) is 5.01. The van der Waals surface area contributed by atoms with Gasteiger partial charge in [-0.2, -0.15) is 0 Å². The maximum absolute atomic E-state index is 12.4. The van der Waals surface area contributed by atoms with Crippen LogP contribution in [0, 0.1) is 13.8 Å². The summed E-state index contributed by atoms with van der Waals surface area (Å²) < 4.78 is 27.5. The lowest BCUT2D eigenvalue weighted by molar-refractivity contribution is 0.609. The fraction of sp³-hybridized carbons (Fsp3) is 0.105. The summed E-state index contributed by atoms with van der Waals surface area (Å²) in [4.78, 5) is 4.44. The van der Waals surface area contributed by atoms with Crippen LogP contribution in [-0.2, 0) is 10.0 Å². The zero-order chi connectivity index (χ0) is 17.9. The third-order valence-corrected chi connectivity index (χ3v) is 5.36. The zero-order valence-corrected chi connectivity index (χ0v) is 15.6. The molecule has 25 heavy (non-hydrogen) atoms. The van der Waals surface area contributed by atoms with E-state index >= 15 is 0 Å². The molecule has 0 spiro atoms. The van der Waals surface area contributed by atoms with Gasteiger partial charge in [0.1, 0.15) is 0 Å². The van der Waals surface area contributed by atoms with Gasteiger partial charge in [-0.15, -0.1) is 11.3 Å². The number of nitrogens with zero attached hydrogens (tertiary/aromatic N) is 1. The molecule has 0 saturated heterocycles. The van der Waals surface area contributed by atoms with Gasteiger partial charge in [0.2, 0.25) is 0 Å². The van der Waals surface area contributed by atoms with E-state index in [0.717, 1.165) is 27.4 Å². The van der Waals surface area contributed by atoms with Crippen molar-refractivity contribution in [3.8, 4) is 11.3 Å². The number of hydrogen-bond acceptors (Lipinski definition) is 4. The van der Waals surface area contributed by atoms with Crippen LogP contribution in [0.25, 0.3) is 17.3 Å². The molecule has 0 saturated carbocycles. The molecule has 1 heterocycles. The van der Waals surface area contributed by atoms with Gasteiger partial charge in [0, 0.05) is 10.9 Å². The van der Waals surface area contributed by atoms with Crippen LogP contribution in [-0.4, -0.2) is 13.4 Å². The van der Waals surface area contributed by atoms with Gasteiger partial charge in [-0.05, 0) is 31.6 Å². The van der Waals surface area contributed by atoms with Crippen LogP contribution >= 0.6 is 11.3 Å². The minimum atomic E-state index is -3.62. The van der Waals surface area contributed by atoms with Crippen LogP contribution < -0.4 is 4.72 Å². The number of sulfonamides is 1. The molecule has 3 aromatic rings. The second-order valence-corrected chi connectivity index (χ2v) is 8.29. The number of nitrogens with one attached hydrogen (secondary N) is 1. The molecule has 2 aromatic carbocycles. The Balaban J connectivity index is 1.85. The smallest absolute Gasteiger partial charge is 0.255 e. The van der Waals surface area contributed by atoms with Crippen molar-refractivity contribution in [3.05, 3.63) is 75.5 Å². The number of anilines is 1. The van der Waals surface area contributed by atoms with E-state index in [9.17, 15) is 8.42 Å². The minimum Gasteiger partial charge on any atom is -0.279 e. The van der Waals surface area contributed by atoms with E-state index in [2.05, 4.69) is 9.71 Å². The van der Waals surface area contributed by atoms with Crippen molar-refractivity contribution in [3.63, 3.8) is 0 Å². The van der Waals surface area contributed by atoms with Crippen LogP contribution in [0.2, 0.25) is 0 Å². The molecule has 1 aromatic heterocycles. The van der Waals surface area contributed by atoms with Gasteiger partial charge in [0.05, 0.1) is 21.8 Å². The summed E-state index contributed by atoms with van der Waals surface area (Å²) in [6, 6.07) is 14.9. The number of aromatic nitrogens is 1. The van der Waals surface area contributed by atoms with Gasteiger partial charge in [0.15, 0.2) is 0 Å². The van der Waals surface area contributed by atoms with E-state index in [4.69, 9.17) is 0 Å². The fourth-order valence-corrected chi connectivity index (χ4v) is 3.82. The molecule has 0 amide bonds. The highest BCUT2D eigenvalue weighted by Gasteiger charge is 2.12. The topological polar surface area (TPSA) is 59.1 Å². The highest BCUT2D eigenvalue weighted by atomic mass is 32.2. The number of rotatable bonds is 5. The number of aryl methyl sites for hydroxylation is 2. The van der Waals surface area contributed by atoms with E-state index in [0.29, 0.717) is 5.69 Å². The molecule has 4 nitrogen and oxygen atoms in total. The van der Waals surface area contributed by atoms with E-state index < -0.39 is 10.0 Å². The quantitative estimate of drug-likeness (QED) is 0.699. The number of para-hydroxylation sites is 1. The van der Waals surface area contributed by atoms with Crippen molar-refractivity contribution in [1.82, 2.24) is 4.98 Å².